The quantitative estimate of drug-likeness (QED) is 0.749. The standard InChI is InChI=1S/C15H14O2/c1-9-6-10-7-11(16)8-14(17)15(10)13-5-3-2-4-12(9)13/h2-6,11,16H,7-8H2,1H3. The van der Waals surface area contributed by atoms with Crippen molar-refractivity contribution in [1.29, 1.82) is 0 Å². The highest BCUT2D eigenvalue weighted by atomic mass is 16.3. The summed E-state index contributed by atoms with van der Waals surface area (Å²) in [4.78, 5) is 12.1. The van der Waals surface area contributed by atoms with E-state index in [0.717, 1.165) is 21.9 Å². The van der Waals surface area contributed by atoms with Gasteiger partial charge in [-0.25, -0.2) is 0 Å². The Morgan fingerprint density at radius 2 is 1.88 bits per heavy atom. The molecule has 2 aromatic carbocycles. The predicted molar refractivity (Wildman–Crippen MR) is 67.3 cm³/mol. The number of carbonyl (C=O) groups excluding carboxylic acids is 1. The van der Waals surface area contributed by atoms with Crippen LogP contribution in [0.25, 0.3) is 10.8 Å². The maximum atomic E-state index is 12.1. The van der Waals surface area contributed by atoms with Crippen LogP contribution in [0.3, 0.4) is 0 Å². The van der Waals surface area contributed by atoms with Crippen LogP contribution in [0, 0.1) is 6.92 Å². The van der Waals surface area contributed by atoms with Gasteiger partial charge in [-0.15, -0.1) is 0 Å². The van der Waals surface area contributed by atoms with Crippen LogP contribution in [-0.2, 0) is 6.42 Å². The normalized spacial score (nSPS) is 19.4. The summed E-state index contributed by atoms with van der Waals surface area (Å²) in [5.74, 6) is 0.0648. The summed E-state index contributed by atoms with van der Waals surface area (Å²) in [6.07, 6.45) is 0.322. The van der Waals surface area contributed by atoms with E-state index in [4.69, 9.17) is 0 Å². The number of hydrogen-bond acceptors (Lipinski definition) is 2. The minimum absolute atomic E-state index is 0.0648. The van der Waals surface area contributed by atoms with Crippen LogP contribution in [-0.4, -0.2) is 17.0 Å². The second-order valence-electron chi connectivity index (χ2n) is 4.76. The summed E-state index contributed by atoms with van der Waals surface area (Å²) in [7, 11) is 0. The largest absolute Gasteiger partial charge is 0.392 e. The monoisotopic (exact) mass is 226 g/mol. The second-order valence-corrected chi connectivity index (χ2v) is 4.76. The first-order valence-corrected chi connectivity index (χ1v) is 5.89. The first-order chi connectivity index (χ1) is 8.16. The zero-order valence-corrected chi connectivity index (χ0v) is 9.73. The van der Waals surface area contributed by atoms with E-state index in [-0.39, 0.29) is 12.2 Å². The lowest BCUT2D eigenvalue weighted by molar-refractivity contribution is 0.0855. The number of benzene rings is 2. The third-order valence-corrected chi connectivity index (χ3v) is 3.49. The van der Waals surface area contributed by atoms with Gasteiger partial charge in [0.15, 0.2) is 5.78 Å². The minimum atomic E-state index is -0.518. The van der Waals surface area contributed by atoms with Gasteiger partial charge in [0.05, 0.1) is 6.10 Å². The van der Waals surface area contributed by atoms with E-state index in [9.17, 15) is 9.90 Å². The molecular weight excluding hydrogens is 212 g/mol. The highest BCUT2D eigenvalue weighted by Gasteiger charge is 2.25. The van der Waals surface area contributed by atoms with Gasteiger partial charge >= 0.3 is 0 Å². The Hall–Kier alpha value is -1.67. The van der Waals surface area contributed by atoms with Crippen molar-refractivity contribution in [3.05, 3.63) is 47.0 Å². The topological polar surface area (TPSA) is 37.3 Å². The van der Waals surface area contributed by atoms with Crippen molar-refractivity contribution in [3.63, 3.8) is 0 Å². The molecule has 0 amide bonds. The van der Waals surface area contributed by atoms with Gasteiger partial charge in [-0.05, 0) is 35.2 Å². The number of aryl methyl sites for hydroxylation is 1. The molecule has 0 aliphatic heterocycles. The van der Waals surface area contributed by atoms with Crippen LogP contribution in [0.5, 0.6) is 0 Å². The fourth-order valence-electron chi connectivity index (χ4n) is 2.76. The molecule has 2 heteroatoms. The molecular formula is C15H14O2. The van der Waals surface area contributed by atoms with Crippen LogP contribution in [0.2, 0.25) is 0 Å². The summed E-state index contributed by atoms with van der Waals surface area (Å²) in [6.45, 7) is 2.05. The SMILES string of the molecule is Cc1cc2c(c3ccccc13)C(=O)CC(O)C2. The van der Waals surface area contributed by atoms with Crippen LogP contribution in [0.15, 0.2) is 30.3 Å². The first-order valence-electron chi connectivity index (χ1n) is 5.89. The van der Waals surface area contributed by atoms with E-state index in [2.05, 4.69) is 0 Å². The summed E-state index contributed by atoms with van der Waals surface area (Å²) < 4.78 is 0. The number of aliphatic hydroxyl groups is 1. The van der Waals surface area contributed by atoms with Gasteiger partial charge in [0.1, 0.15) is 0 Å². The number of rotatable bonds is 0. The average molecular weight is 226 g/mol. The molecule has 1 atom stereocenters. The molecule has 0 radical (unpaired) electrons. The molecule has 0 spiro atoms. The lowest BCUT2D eigenvalue weighted by Gasteiger charge is -2.22. The number of carbonyl (C=O) groups is 1. The van der Waals surface area contributed by atoms with Gasteiger partial charge in [0.2, 0.25) is 0 Å². The maximum Gasteiger partial charge on any atom is 0.166 e. The smallest absolute Gasteiger partial charge is 0.166 e. The van der Waals surface area contributed by atoms with Crippen LogP contribution < -0.4 is 0 Å². The maximum absolute atomic E-state index is 12.1. The fourth-order valence-corrected chi connectivity index (χ4v) is 2.76. The number of hydrogen-bond donors (Lipinski definition) is 1. The number of aliphatic hydroxyl groups excluding tert-OH is 1. The second kappa shape index (κ2) is 3.67. The van der Waals surface area contributed by atoms with Gasteiger partial charge in [-0.1, -0.05) is 30.3 Å². The molecule has 0 aromatic heterocycles. The van der Waals surface area contributed by atoms with Gasteiger partial charge in [-0.3, -0.25) is 4.79 Å². The Morgan fingerprint density at radius 3 is 2.65 bits per heavy atom. The van der Waals surface area contributed by atoms with E-state index < -0.39 is 6.10 Å². The zero-order chi connectivity index (χ0) is 12.0. The molecule has 1 unspecified atom stereocenters. The Kier molecular flexibility index (Phi) is 2.26. The number of Topliss-reactive ketones (excluding diaryl/α,β-unsaturated/α-hetero) is 1. The highest BCUT2D eigenvalue weighted by Crippen LogP contribution is 2.31. The van der Waals surface area contributed by atoms with Crippen molar-refractivity contribution in [2.24, 2.45) is 0 Å². The summed E-state index contributed by atoms with van der Waals surface area (Å²) in [6, 6.07) is 10.0. The van der Waals surface area contributed by atoms with Crippen molar-refractivity contribution in [1.82, 2.24) is 0 Å². The Labute approximate surface area is 99.9 Å². The molecule has 0 fully saturated rings. The van der Waals surface area contributed by atoms with E-state index in [0.29, 0.717) is 6.42 Å². The third-order valence-electron chi connectivity index (χ3n) is 3.49. The van der Waals surface area contributed by atoms with Crippen molar-refractivity contribution < 1.29 is 9.90 Å². The molecule has 0 heterocycles. The van der Waals surface area contributed by atoms with Crippen LogP contribution >= 0.6 is 0 Å². The molecule has 86 valence electrons. The lowest BCUT2D eigenvalue weighted by Crippen LogP contribution is -2.24. The molecule has 1 N–H and O–H groups in total. The van der Waals surface area contributed by atoms with Crippen molar-refractivity contribution >= 4 is 16.6 Å². The molecule has 3 rings (SSSR count). The third kappa shape index (κ3) is 1.56. The summed E-state index contributed by atoms with van der Waals surface area (Å²) >= 11 is 0. The van der Waals surface area contributed by atoms with E-state index in [1.165, 1.54) is 5.56 Å². The molecule has 1 aliphatic carbocycles. The van der Waals surface area contributed by atoms with E-state index >= 15 is 0 Å². The van der Waals surface area contributed by atoms with Gasteiger partial charge < -0.3 is 5.11 Å². The van der Waals surface area contributed by atoms with Crippen LogP contribution in [0.1, 0.15) is 27.9 Å². The van der Waals surface area contributed by atoms with Crippen LogP contribution in [0.4, 0.5) is 0 Å². The Morgan fingerprint density at radius 1 is 1.18 bits per heavy atom. The number of fused-ring (bicyclic) bond motifs is 3. The molecule has 0 saturated heterocycles. The highest BCUT2D eigenvalue weighted by molar-refractivity contribution is 6.11. The van der Waals surface area contributed by atoms with Crippen molar-refractivity contribution in [3.8, 4) is 0 Å². The molecule has 2 nitrogen and oxygen atoms in total. The Bertz CT molecular complexity index is 614. The number of ketones is 1. The van der Waals surface area contributed by atoms with Crippen molar-refractivity contribution in [2.45, 2.75) is 25.9 Å². The van der Waals surface area contributed by atoms with Gasteiger partial charge in [-0.2, -0.15) is 0 Å². The molecule has 0 bridgehead atoms. The van der Waals surface area contributed by atoms with E-state index in [1.54, 1.807) is 0 Å². The first kappa shape index (κ1) is 10.5. The minimum Gasteiger partial charge on any atom is -0.392 e. The predicted octanol–water partition coefficient (Wildman–Crippen LogP) is 2.64. The molecule has 17 heavy (non-hydrogen) atoms. The zero-order valence-electron chi connectivity index (χ0n) is 9.73. The molecule has 0 saturated carbocycles. The Balaban J connectivity index is 2.39. The van der Waals surface area contributed by atoms with E-state index in [1.807, 2.05) is 37.3 Å². The average Bonchev–Trinajstić information content (AvgIpc) is 2.28. The molecule has 1 aliphatic rings. The van der Waals surface area contributed by atoms with Crippen molar-refractivity contribution in [2.75, 3.05) is 0 Å². The van der Waals surface area contributed by atoms with Gasteiger partial charge in [0.25, 0.3) is 0 Å². The summed E-state index contributed by atoms with van der Waals surface area (Å²) in [5.41, 5.74) is 2.97. The molecule has 2 aromatic rings. The fraction of sp³-hybridized carbons (Fsp3) is 0.267. The lowest BCUT2D eigenvalue weighted by atomic mass is 9.84. The summed E-state index contributed by atoms with van der Waals surface area (Å²) in [5, 5.41) is 11.8. The van der Waals surface area contributed by atoms with Gasteiger partial charge in [0, 0.05) is 12.0 Å².